The van der Waals surface area contributed by atoms with Crippen molar-refractivity contribution in [2.45, 2.75) is 50.3 Å². The highest BCUT2D eigenvalue weighted by atomic mass is 35.5. The van der Waals surface area contributed by atoms with E-state index in [9.17, 15) is 0 Å². The van der Waals surface area contributed by atoms with E-state index in [1.165, 1.54) is 22.3 Å². The summed E-state index contributed by atoms with van der Waals surface area (Å²) in [5.41, 5.74) is 5.41. The van der Waals surface area contributed by atoms with Crippen molar-refractivity contribution < 1.29 is 0 Å². The first kappa shape index (κ1) is 17.4. The first-order valence-corrected chi connectivity index (χ1v) is 8.80. The summed E-state index contributed by atoms with van der Waals surface area (Å²) < 4.78 is 0. The van der Waals surface area contributed by atoms with Crippen LogP contribution in [0, 0.1) is 0 Å². The first-order chi connectivity index (χ1) is 10.5. The van der Waals surface area contributed by atoms with Gasteiger partial charge in [0.2, 0.25) is 0 Å². The van der Waals surface area contributed by atoms with Crippen molar-refractivity contribution in [3.05, 3.63) is 70.8 Å². The van der Waals surface area contributed by atoms with Crippen LogP contribution in [0.15, 0.2) is 48.5 Å². The summed E-state index contributed by atoms with van der Waals surface area (Å²) >= 11 is 12.4. The quantitative estimate of drug-likeness (QED) is 0.553. The van der Waals surface area contributed by atoms with Gasteiger partial charge in [0.15, 0.2) is 0 Å². The number of rotatable bonds is 6. The second-order valence-electron chi connectivity index (χ2n) is 6.09. The fourth-order valence-corrected chi connectivity index (χ4v) is 3.39. The predicted octanol–water partition coefficient (Wildman–Crippen LogP) is 6.18. The number of hydrogen-bond acceptors (Lipinski definition) is 0. The van der Waals surface area contributed by atoms with E-state index in [0.717, 1.165) is 12.8 Å². The summed E-state index contributed by atoms with van der Waals surface area (Å²) in [6.07, 6.45) is 1.80. The molecule has 2 heteroatoms. The van der Waals surface area contributed by atoms with Crippen LogP contribution in [0.1, 0.15) is 48.9 Å². The molecule has 0 saturated carbocycles. The topological polar surface area (TPSA) is 0 Å². The molecule has 0 aliphatic carbocycles. The monoisotopic (exact) mass is 334 g/mol. The van der Waals surface area contributed by atoms with Crippen molar-refractivity contribution >= 4 is 23.2 Å². The molecule has 0 N–H and O–H groups in total. The number of halogens is 2. The summed E-state index contributed by atoms with van der Waals surface area (Å²) in [5, 5.41) is 0.290. The molecule has 2 atom stereocenters. The summed E-state index contributed by atoms with van der Waals surface area (Å²) in [6.45, 7) is 6.37. The molecule has 22 heavy (non-hydrogen) atoms. The Morgan fingerprint density at radius 3 is 1.41 bits per heavy atom. The molecule has 0 heterocycles. The predicted molar refractivity (Wildman–Crippen MR) is 98.4 cm³/mol. The minimum atomic E-state index is 0.145. The first-order valence-electron chi connectivity index (χ1n) is 7.92. The molecule has 0 amide bonds. The molecule has 0 fully saturated rings. The Labute approximate surface area is 144 Å². The fourth-order valence-electron chi connectivity index (χ4n) is 3.06. The summed E-state index contributed by atoms with van der Waals surface area (Å²) in [7, 11) is 0. The maximum absolute atomic E-state index is 6.22. The van der Waals surface area contributed by atoms with Gasteiger partial charge in [0, 0.05) is 16.7 Å². The zero-order valence-corrected chi connectivity index (χ0v) is 15.0. The lowest BCUT2D eigenvalue weighted by molar-refractivity contribution is 0.830. The van der Waals surface area contributed by atoms with E-state index >= 15 is 0 Å². The molecule has 118 valence electrons. The number of hydrogen-bond donors (Lipinski definition) is 0. The second-order valence-corrected chi connectivity index (χ2v) is 7.58. The van der Waals surface area contributed by atoms with Gasteiger partial charge in [0.25, 0.3) is 0 Å². The highest BCUT2D eigenvalue weighted by molar-refractivity contribution is 6.20. The van der Waals surface area contributed by atoms with Gasteiger partial charge in [0.05, 0.1) is 0 Å². The van der Waals surface area contributed by atoms with Crippen molar-refractivity contribution in [2.75, 3.05) is 0 Å². The molecular weight excluding hydrogens is 311 g/mol. The smallest absolute Gasteiger partial charge is 0.0348 e. The van der Waals surface area contributed by atoms with Crippen LogP contribution in [0.3, 0.4) is 0 Å². The van der Waals surface area contributed by atoms with Gasteiger partial charge in [0.1, 0.15) is 0 Å². The van der Waals surface area contributed by atoms with Crippen molar-refractivity contribution in [2.24, 2.45) is 0 Å². The molecule has 2 aromatic rings. The van der Waals surface area contributed by atoms with Gasteiger partial charge in [-0.1, -0.05) is 55.5 Å². The van der Waals surface area contributed by atoms with E-state index < -0.39 is 0 Å². The van der Waals surface area contributed by atoms with Crippen LogP contribution in [0.5, 0.6) is 0 Å². The third-order valence-electron chi connectivity index (χ3n) is 4.05. The molecular formula is C20H24Cl2. The third-order valence-corrected chi connectivity index (χ3v) is 4.35. The third kappa shape index (κ3) is 4.51. The SMILES string of the molecule is CC(Cl)Cc1ccccc1C(C)c1ccccc1CC(C)Cl. The minimum Gasteiger partial charge on any atom is -0.123 e. The Morgan fingerprint density at radius 2 is 1.05 bits per heavy atom. The zero-order valence-electron chi connectivity index (χ0n) is 13.5. The largest absolute Gasteiger partial charge is 0.123 e. The molecule has 0 saturated heterocycles. The van der Waals surface area contributed by atoms with E-state index in [2.05, 4.69) is 55.5 Å². The zero-order chi connectivity index (χ0) is 16.1. The van der Waals surface area contributed by atoms with Crippen LogP contribution >= 0.6 is 23.2 Å². The average Bonchev–Trinajstić information content (AvgIpc) is 2.46. The van der Waals surface area contributed by atoms with Gasteiger partial charge in [-0.15, -0.1) is 23.2 Å². The van der Waals surface area contributed by atoms with Gasteiger partial charge in [-0.25, -0.2) is 0 Å². The van der Waals surface area contributed by atoms with Crippen molar-refractivity contribution in [1.29, 1.82) is 0 Å². The minimum absolute atomic E-state index is 0.145. The van der Waals surface area contributed by atoms with Gasteiger partial charge in [-0.05, 0) is 48.9 Å². The van der Waals surface area contributed by atoms with Crippen molar-refractivity contribution in [3.63, 3.8) is 0 Å². The lowest BCUT2D eigenvalue weighted by Gasteiger charge is -2.21. The maximum atomic E-state index is 6.22. The van der Waals surface area contributed by atoms with Crippen LogP contribution in [0.2, 0.25) is 0 Å². The summed E-state index contributed by atoms with van der Waals surface area (Å²) in [4.78, 5) is 0. The Bertz CT molecular complexity index is 549. The summed E-state index contributed by atoms with van der Waals surface area (Å²) in [5.74, 6) is 0.346. The van der Waals surface area contributed by atoms with Gasteiger partial charge >= 0.3 is 0 Å². The van der Waals surface area contributed by atoms with E-state index in [1.807, 2.05) is 13.8 Å². The van der Waals surface area contributed by atoms with E-state index in [1.54, 1.807) is 0 Å². The van der Waals surface area contributed by atoms with E-state index in [-0.39, 0.29) is 10.8 Å². The van der Waals surface area contributed by atoms with Crippen LogP contribution in [-0.4, -0.2) is 10.8 Å². The standard InChI is InChI=1S/C20H24Cl2/c1-14(21)12-17-8-4-6-10-19(17)16(3)20-11-7-5-9-18(20)13-15(2)22/h4-11,14-16H,12-13H2,1-3H3. The highest BCUT2D eigenvalue weighted by Gasteiger charge is 2.17. The molecule has 0 nitrogen and oxygen atoms in total. The van der Waals surface area contributed by atoms with Crippen LogP contribution < -0.4 is 0 Å². The lowest BCUT2D eigenvalue weighted by Crippen LogP contribution is -2.08. The molecule has 0 aliphatic heterocycles. The number of benzene rings is 2. The van der Waals surface area contributed by atoms with E-state index in [0.29, 0.717) is 5.92 Å². The van der Waals surface area contributed by atoms with Crippen molar-refractivity contribution in [1.82, 2.24) is 0 Å². The summed E-state index contributed by atoms with van der Waals surface area (Å²) in [6, 6.07) is 17.2. The van der Waals surface area contributed by atoms with E-state index in [4.69, 9.17) is 23.2 Å². The maximum Gasteiger partial charge on any atom is 0.0348 e. The van der Waals surface area contributed by atoms with Gasteiger partial charge < -0.3 is 0 Å². The molecule has 0 aromatic heterocycles. The Morgan fingerprint density at radius 1 is 0.682 bits per heavy atom. The van der Waals surface area contributed by atoms with Crippen LogP contribution in [-0.2, 0) is 12.8 Å². The fraction of sp³-hybridized carbons (Fsp3) is 0.400. The van der Waals surface area contributed by atoms with Crippen LogP contribution in [0.25, 0.3) is 0 Å². The lowest BCUT2D eigenvalue weighted by atomic mass is 9.85. The molecule has 2 unspecified atom stereocenters. The van der Waals surface area contributed by atoms with Crippen molar-refractivity contribution in [3.8, 4) is 0 Å². The van der Waals surface area contributed by atoms with Gasteiger partial charge in [-0.2, -0.15) is 0 Å². The molecule has 0 bridgehead atoms. The number of alkyl halides is 2. The Kier molecular flexibility index (Phi) is 6.35. The Hall–Kier alpha value is -0.980. The molecule has 0 spiro atoms. The highest BCUT2D eigenvalue weighted by Crippen LogP contribution is 2.31. The Balaban J connectivity index is 2.38. The van der Waals surface area contributed by atoms with Gasteiger partial charge in [-0.3, -0.25) is 0 Å². The normalized spacial score (nSPS) is 15.3. The van der Waals surface area contributed by atoms with Crippen LogP contribution in [0.4, 0.5) is 0 Å². The molecule has 0 radical (unpaired) electrons. The molecule has 0 aliphatic rings. The average molecular weight is 335 g/mol. The molecule has 2 aromatic carbocycles. The second kappa shape index (κ2) is 8.04. The molecule has 2 rings (SSSR count).